The van der Waals surface area contributed by atoms with Crippen LogP contribution in [0.25, 0.3) is 11.4 Å². The summed E-state index contributed by atoms with van der Waals surface area (Å²) in [7, 11) is 1.64. The number of benzene rings is 2. The van der Waals surface area contributed by atoms with Crippen molar-refractivity contribution in [1.82, 2.24) is 19.9 Å². The number of aromatic nitrogens is 2. The molecule has 1 aromatic heterocycles. The zero-order chi connectivity index (χ0) is 19.3. The average Bonchev–Trinajstić information content (AvgIpc) is 3.20. The SMILES string of the molecule is COc1ccc(-c2noc(CN3CCN(Cc4ccc(F)cc4)CC3)n2)cc1. The molecule has 0 radical (unpaired) electrons. The molecule has 2 aromatic carbocycles. The molecule has 1 fully saturated rings. The average molecular weight is 382 g/mol. The van der Waals surface area contributed by atoms with Crippen LogP contribution in [0.4, 0.5) is 4.39 Å². The summed E-state index contributed by atoms with van der Waals surface area (Å²) in [4.78, 5) is 9.20. The van der Waals surface area contributed by atoms with Gasteiger partial charge in [0, 0.05) is 38.3 Å². The third-order valence-corrected chi connectivity index (χ3v) is 4.96. The van der Waals surface area contributed by atoms with Gasteiger partial charge < -0.3 is 9.26 Å². The van der Waals surface area contributed by atoms with Crippen LogP contribution in [0.5, 0.6) is 5.75 Å². The molecule has 28 heavy (non-hydrogen) atoms. The lowest BCUT2D eigenvalue weighted by molar-refractivity contribution is 0.112. The van der Waals surface area contributed by atoms with Gasteiger partial charge >= 0.3 is 0 Å². The monoisotopic (exact) mass is 382 g/mol. The van der Waals surface area contributed by atoms with Crippen LogP contribution in [0.3, 0.4) is 0 Å². The molecular formula is C21H23FN4O2. The molecule has 0 atom stereocenters. The fourth-order valence-electron chi connectivity index (χ4n) is 3.32. The Morgan fingerprint density at radius 1 is 0.929 bits per heavy atom. The zero-order valence-electron chi connectivity index (χ0n) is 15.8. The topological polar surface area (TPSA) is 54.6 Å². The molecule has 4 rings (SSSR count). The first kappa shape index (κ1) is 18.6. The molecule has 1 aliphatic rings. The maximum atomic E-state index is 13.0. The number of hydrogen-bond donors (Lipinski definition) is 0. The van der Waals surface area contributed by atoms with Crippen LogP contribution in [-0.2, 0) is 13.1 Å². The fraction of sp³-hybridized carbons (Fsp3) is 0.333. The van der Waals surface area contributed by atoms with Crippen molar-refractivity contribution in [3.63, 3.8) is 0 Å². The standard InChI is InChI=1S/C21H23FN4O2/c1-27-19-8-4-17(5-9-19)21-23-20(28-24-21)15-26-12-10-25(11-13-26)14-16-2-6-18(22)7-3-16/h2-9H,10-15H2,1H3. The van der Waals surface area contributed by atoms with Gasteiger partial charge in [0.25, 0.3) is 0 Å². The number of ether oxygens (including phenoxy) is 1. The number of halogens is 1. The van der Waals surface area contributed by atoms with Gasteiger partial charge in [0.2, 0.25) is 11.7 Å². The summed E-state index contributed by atoms with van der Waals surface area (Å²) in [5, 5.41) is 4.09. The van der Waals surface area contributed by atoms with E-state index in [9.17, 15) is 4.39 Å². The van der Waals surface area contributed by atoms with Crippen molar-refractivity contribution in [2.45, 2.75) is 13.1 Å². The van der Waals surface area contributed by atoms with Crippen LogP contribution in [-0.4, -0.2) is 53.2 Å². The number of hydrogen-bond acceptors (Lipinski definition) is 6. The van der Waals surface area contributed by atoms with Crippen LogP contribution < -0.4 is 4.74 Å². The Kier molecular flexibility index (Phi) is 5.64. The van der Waals surface area contributed by atoms with E-state index in [1.807, 2.05) is 36.4 Å². The molecule has 0 spiro atoms. The number of nitrogens with zero attached hydrogens (tertiary/aromatic N) is 4. The maximum Gasteiger partial charge on any atom is 0.241 e. The highest BCUT2D eigenvalue weighted by molar-refractivity contribution is 5.55. The number of piperazine rings is 1. The number of rotatable bonds is 6. The van der Waals surface area contributed by atoms with E-state index in [4.69, 9.17) is 9.26 Å². The molecule has 1 aliphatic heterocycles. The van der Waals surface area contributed by atoms with Gasteiger partial charge in [-0.2, -0.15) is 4.98 Å². The van der Waals surface area contributed by atoms with Gasteiger partial charge in [0.15, 0.2) is 0 Å². The predicted octanol–water partition coefficient (Wildman–Crippen LogP) is 3.20. The van der Waals surface area contributed by atoms with E-state index in [2.05, 4.69) is 19.9 Å². The first-order valence-electron chi connectivity index (χ1n) is 9.36. The third kappa shape index (κ3) is 4.55. The van der Waals surface area contributed by atoms with E-state index >= 15 is 0 Å². The summed E-state index contributed by atoms with van der Waals surface area (Å²) >= 11 is 0. The summed E-state index contributed by atoms with van der Waals surface area (Å²) in [5.74, 6) is 1.82. The van der Waals surface area contributed by atoms with Crippen LogP contribution in [0, 0.1) is 5.82 Å². The van der Waals surface area contributed by atoms with Crippen LogP contribution in [0.1, 0.15) is 11.5 Å². The Hall–Kier alpha value is -2.77. The molecule has 0 N–H and O–H groups in total. The molecule has 6 nitrogen and oxygen atoms in total. The highest BCUT2D eigenvalue weighted by Gasteiger charge is 2.19. The van der Waals surface area contributed by atoms with Crippen molar-refractivity contribution >= 4 is 0 Å². The van der Waals surface area contributed by atoms with E-state index in [1.165, 1.54) is 12.1 Å². The zero-order valence-corrected chi connectivity index (χ0v) is 15.8. The van der Waals surface area contributed by atoms with Gasteiger partial charge in [0.05, 0.1) is 13.7 Å². The summed E-state index contributed by atoms with van der Waals surface area (Å²) in [6, 6.07) is 14.3. The van der Waals surface area contributed by atoms with E-state index in [-0.39, 0.29) is 5.82 Å². The van der Waals surface area contributed by atoms with E-state index < -0.39 is 0 Å². The minimum absolute atomic E-state index is 0.192. The third-order valence-electron chi connectivity index (χ3n) is 4.96. The highest BCUT2D eigenvalue weighted by Crippen LogP contribution is 2.20. The highest BCUT2D eigenvalue weighted by atomic mass is 19.1. The lowest BCUT2D eigenvalue weighted by atomic mass is 10.2. The van der Waals surface area contributed by atoms with Crippen LogP contribution >= 0.6 is 0 Å². The fourth-order valence-corrected chi connectivity index (χ4v) is 3.32. The summed E-state index contributed by atoms with van der Waals surface area (Å²) in [6.07, 6.45) is 0. The molecule has 3 aromatic rings. The first-order valence-corrected chi connectivity index (χ1v) is 9.36. The summed E-state index contributed by atoms with van der Waals surface area (Å²) in [6.45, 7) is 5.26. The largest absolute Gasteiger partial charge is 0.497 e. The Morgan fingerprint density at radius 3 is 2.21 bits per heavy atom. The number of methoxy groups -OCH3 is 1. The van der Waals surface area contributed by atoms with Gasteiger partial charge in [-0.15, -0.1) is 0 Å². The normalized spacial score (nSPS) is 15.6. The Labute approximate surface area is 163 Å². The van der Waals surface area contributed by atoms with Crippen molar-refractivity contribution < 1.29 is 13.7 Å². The minimum atomic E-state index is -0.192. The van der Waals surface area contributed by atoms with Crippen LogP contribution in [0.15, 0.2) is 53.1 Å². The molecule has 0 amide bonds. The quantitative estimate of drug-likeness (QED) is 0.653. The second-order valence-corrected chi connectivity index (χ2v) is 6.92. The van der Waals surface area contributed by atoms with Crippen molar-refractivity contribution in [1.29, 1.82) is 0 Å². The predicted molar refractivity (Wildman–Crippen MR) is 103 cm³/mol. The van der Waals surface area contributed by atoms with Crippen LogP contribution in [0.2, 0.25) is 0 Å². The van der Waals surface area contributed by atoms with Gasteiger partial charge in [-0.25, -0.2) is 4.39 Å². The Morgan fingerprint density at radius 2 is 1.57 bits per heavy atom. The smallest absolute Gasteiger partial charge is 0.241 e. The molecule has 0 bridgehead atoms. The van der Waals surface area contributed by atoms with E-state index in [0.29, 0.717) is 18.3 Å². The summed E-state index contributed by atoms with van der Waals surface area (Å²) in [5.41, 5.74) is 2.04. The van der Waals surface area contributed by atoms with Gasteiger partial charge in [-0.3, -0.25) is 9.80 Å². The first-order chi connectivity index (χ1) is 13.7. The maximum absolute atomic E-state index is 13.0. The second kappa shape index (κ2) is 8.50. The van der Waals surface area contributed by atoms with Gasteiger partial charge in [-0.05, 0) is 42.0 Å². The lowest BCUT2D eigenvalue weighted by Gasteiger charge is -2.33. The Bertz CT molecular complexity index is 888. The molecule has 146 valence electrons. The van der Waals surface area contributed by atoms with Gasteiger partial charge in [0.1, 0.15) is 11.6 Å². The molecule has 2 heterocycles. The second-order valence-electron chi connectivity index (χ2n) is 6.92. The van der Waals surface area contributed by atoms with Crippen molar-refractivity contribution in [2.75, 3.05) is 33.3 Å². The molecular weight excluding hydrogens is 359 g/mol. The molecule has 0 aliphatic carbocycles. The molecule has 0 saturated carbocycles. The van der Waals surface area contributed by atoms with Crippen molar-refractivity contribution in [3.05, 3.63) is 65.8 Å². The van der Waals surface area contributed by atoms with Crippen molar-refractivity contribution in [3.8, 4) is 17.1 Å². The Balaban J connectivity index is 1.29. The lowest BCUT2D eigenvalue weighted by Crippen LogP contribution is -2.45. The molecule has 7 heteroatoms. The molecule has 0 unspecified atom stereocenters. The van der Waals surface area contributed by atoms with E-state index in [0.717, 1.165) is 49.6 Å². The van der Waals surface area contributed by atoms with Gasteiger partial charge in [-0.1, -0.05) is 17.3 Å². The van der Waals surface area contributed by atoms with E-state index in [1.54, 1.807) is 7.11 Å². The van der Waals surface area contributed by atoms with Crippen molar-refractivity contribution in [2.24, 2.45) is 0 Å². The minimum Gasteiger partial charge on any atom is -0.497 e. The molecule has 1 saturated heterocycles. The summed E-state index contributed by atoms with van der Waals surface area (Å²) < 4.78 is 23.6.